The Kier molecular flexibility index (Phi) is 3.79. The van der Waals surface area contributed by atoms with Gasteiger partial charge >= 0.3 is 0 Å². The zero-order chi connectivity index (χ0) is 7.94. The molecule has 0 aromatic carbocycles. The van der Waals surface area contributed by atoms with Gasteiger partial charge in [0.05, 0.1) is 0 Å². The van der Waals surface area contributed by atoms with Crippen LogP contribution in [0.4, 0.5) is 0 Å². The van der Waals surface area contributed by atoms with E-state index in [0.717, 1.165) is 19.5 Å². The molecule has 0 saturated carbocycles. The molecular weight excluding hydrogens is 134 g/mol. The third-order valence-corrected chi connectivity index (χ3v) is 1.92. The molecule has 11 heavy (non-hydrogen) atoms. The average Bonchev–Trinajstić information content (AvgIpc) is 2.07. The highest BCUT2D eigenvalue weighted by Gasteiger charge is 2.02. The minimum Gasteiger partial charge on any atom is -0.316 e. The quantitative estimate of drug-likeness (QED) is 0.442. The summed E-state index contributed by atoms with van der Waals surface area (Å²) in [5, 5.41) is 3.33. The van der Waals surface area contributed by atoms with Crippen molar-refractivity contribution in [3.8, 4) is 11.8 Å². The lowest BCUT2D eigenvalue weighted by Gasteiger charge is -2.14. The van der Waals surface area contributed by atoms with Gasteiger partial charge in [-0.3, -0.25) is 0 Å². The van der Waals surface area contributed by atoms with Crippen LogP contribution in [-0.2, 0) is 0 Å². The van der Waals surface area contributed by atoms with Crippen molar-refractivity contribution < 1.29 is 0 Å². The first-order valence-corrected chi connectivity index (χ1v) is 4.21. The van der Waals surface area contributed by atoms with Crippen LogP contribution in [0, 0.1) is 11.8 Å². The molecule has 0 aliphatic carbocycles. The van der Waals surface area contributed by atoms with Crippen molar-refractivity contribution in [2.45, 2.75) is 26.2 Å². The lowest BCUT2D eigenvalue weighted by molar-refractivity contribution is 0.608. The van der Waals surface area contributed by atoms with Gasteiger partial charge in [-0.1, -0.05) is 17.6 Å². The van der Waals surface area contributed by atoms with Gasteiger partial charge in [0.25, 0.3) is 0 Å². The molecule has 0 amide bonds. The molecule has 1 nitrogen and oxygen atoms in total. The van der Waals surface area contributed by atoms with Gasteiger partial charge in [-0.2, -0.15) is 0 Å². The molecule has 1 saturated heterocycles. The molecule has 60 valence electrons. The topological polar surface area (TPSA) is 12.0 Å². The Labute approximate surface area is 68.9 Å². The van der Waals surface area contributed by atoms with Gasteiger partial charge in [0, 0.05) is 6.42 Å². The number of nitrogens with one attached hydrogen (secondary N) is 1. The molecule has 1 aliphatic heterocycles. The molecule has 1 N–H and O–H groups in total. The second-order valence-electron chi connectivity index (χ2n) is 2.74. The Morgan fingerprint density at radius 2 is 2.18 bits per heavy atom. The molecule has 0 bridgehead atoms. The van der Waals surface area contributed by atoms with E-state index in [4.69, 9.17) is 0 Å². The lowest BCUT2D eigenvalue weighted by atomic mass is 10.0. The summed E-state index contributed by atoms with van der Waals surface area (Å²) in [5.41, 5.74) is 1.58. The third-order valence-electron chi connectivity index (χ3n) is 1.92. The van der Waals surface area contributed by atoms with Crippen LogP contribution >= 0.6 is 0 Å². The average molecular weight is 149 g/mol. The van der Waals surface area contributed by atoms with Crippen molar-refractivity contribution >= 4 is 0 Å². The van der Waals surface area contributed by atoms with Crippen molar-refractivity contribution in [2.75, 3.05) is 13.1 Å². The maximum absolute atomic E-state index is 3.33. The van der Waals surface area contributed by atoms with E-state index in [1.807, 2.05) is 6.92 Å². The predicted molar refractivity (Wildman–Crippen MR) is 48.3 cm³/mol. The first kappa shape index (κ1) is 8.36. The van der Waals surface area contributed by atoms with Crippen molar-refractivity contribution in [1.29, 1.82) is 0 Å². The van der Waals surface area contributed by atoms with E-state index >= 15 is 0 Å². The van der Waals surface area contributed by atoms with Crippen LogP contribution in [0.1, 0.15) is 26.2 Å². The summed E-state index contributed by atoms with van der Waals surface area (Å²) in [6, 6.07) is 0. The molecule has 0 radical (unpaired) electrons. The highest BCUT2D eigenvalue weighted by Crippen LogP contribution is 2.09. The van der Waals surface area contributed by atoms with E-state index in [0.29, 0.717) is 0 Å². The zero-order valence-electron chi connectivity index (χ0n) is 7.11. The maximum atomic E-state index is 3.33. The third kappa shape index (κ3) is 3.25. The van der Waals surface area contributed by atoms with Crippen molar-refractivity contribution in [2.24, 2.45) is 0 Å². The molecule has 0 spiro atoms. The van der Waals surface area contributed by atoms with Crippen LogP contribution in [0.25, 0.3) is 0 Å². The SMILES string of the molecule is CC#CCC=C1CCNCC1. The second-order valence-corrected chi connectivity index (χ2v) is 2.74. The summed E-state index contributed by atoms with van der Waals surface area (Å²) in [5.74, 6) is 5.95. The van der Waals surface area contributed by atoms with Crippen molar-refractivity contribution in [3.05, 3.63) is 11.6 Å². The number of rotatable bonds is 1. The Bertz CT molecular complexity index is 185. The van der Waals surface area contributed by atoms with Gasteiger partial charge in [0.15, 0.2) is 0 Å². The summed E-state index contributed by atoms with van der Waals surface area (Å²) < 4.78 is 0. The smallest absolute Gasteiger partial charge is 0.0272 e. The Hall–Kier alpha value is -0.740. The maximum Gasteiger partial charge on any atom is 0.0272 e. The fourth-order valence-electron chi connectivity index (χ4n) is 1.25. The molecule has 0 atom stereocenters. The monoisotopic (exact) mass is 149 g/mol. The van der Waals surface area contributed by atoms with Gasteiger partial charge in [-0.05, 0) is 32.9 Å². The fourth-order valence-corrected chi connectivity index (χ4v) is 1.25. The van der Waals surface area contributed by atoms with Crippen LogP contribution in [0.3, 0.4) is 0 Å². The Morgan fingerprint density at radius 3 is 2.82 bits per heavy atom. The molecule has 1 heterocycles. The van der Waals surface area contributed by atoms with Crippen LogP contribution in [0.2, 0.25) is 0 Å². The minimum atomic E-state index is 0.936. The van der Waals surface area contributed by atoms with Gasteiger partial charge in [-0.25, -0.2) is 0 Å². The second kappa shape index (κ2) is 4.98. The van der Waals surface area contributed by atoms with E-state index < -0.39 is 0 Å². The minimum absolute atomic E-state index is 0.936. The molecular formula is C10H15N. The number of piperidine rings is 1. The van der Waals surface area contributed by atoms with E-state index in [-0.39, 0.29) is 0 Å². The zero-order valence-corrected chi connectivity index (χ0v) is 7.11. The van der Waals surface area contributed by atoms with Gasteiger partial charge in [-0.15, -0.1) is 5.92 Å². The highest BCUT2D eigenvalue weighted by molar-refractivity contribution is 5.11. The summed E-state index contributed by atoms with van der Waals surface area (Å²) >= 11 is 0. The highest BCUT2D eigenvalue weighted by atomic mass is 14.9. The summed E-state index contributed by atoms with van der Waals surface area (Å²) in [6.45, 7) is 4.18. The lowest BCUT2D eigenvalue weighted by Crippen LogP contribution is -2.22. The molecule has 1 rings (SSSR count). The normalized spacial score (nSPS) is 17.0. The van der Waals surface area contributed by atoms with Gasteiger partial charge in [0.1, 0.15) is 0 Å². The number of hydrogen-bond donors (Lipinski definition) is 1. The first-order chi connectivity index (χ1) is 5.43. The summed E-state index contributed by atoms with van der Waals surface area (Å²) in [4.78, 5) is 0. The van der Waals surface area contributed by atoms with E-state index in [2.05, 4.69) is 23.2 Å². The summed E-state index contributed by atoms with van der Waals surface area (Å²) in [7, 11) is 0. The van der Waals surface area contributed by atoms with Crippen molar-refractivity contribution in [3.63, 3.8) is 0 Å². The predicted octanol–water partition coefficient (Wildman–Crippen LogP) is 1.71. The number of hydrogen-bond acceptors (Lipinski definition) is 1. The molecule has 1 heteroatoms. The van der Waals surface area contributed by atoms with Gasteiger partial charge in [0.2, 0.25) is 0 Å². The van der Waals surface area contributed by atoms with Crippen LogP contribution in [0.5, 0.6) is 0 Å². The molecule has 1 fully saturated rings. The van der Waals surface area contributed by atoms with E-state index in [9.17, 15) is 0 Å². The van der Waals surface area contributed by atoms with Crippen LogP contribution in [0.15, 0.2) is 11.6 Å². The molecule has 0 aromatic rings. The van der Waals surface area contributed by atoms with E-state index in [1.165, 1.54) is 12.8 Å². The summed E-state index contributed by atoms with van der Waals surface area (Å²) in [6.07, 6.45) is 5.64. The van der Waals surface area contributed by atoms with E-state index in [1.54, 1.807) is 5.57 Å². The standard InChI is InChI=1S/C10H15N/c1-2-3-4-5-10-6-8-11-9-7-10/h5,11H,4,6-9H2,1H3. The Morgan fingerprint density at radius 1 is 1.45 bits per heavy atom. The molecule has 0 unspecified atom stereocenters. The van der Waals surface area contributed by atoms with Crippen LogP contribution < -0.4 is 5.32 Å². The molecule has 1 aliphatic rings. The number of allylic oxidation sites excluding steroid dienone is 1. The first-order valence-electron chi connectivity index (χ1n) is 4.21. The van der Waals surface area contributed by atoms with Crippen LogP contribution in [-0.4, -0.2) is 13.1 Å². The fraction of sp³-hybridized carbons (Fsp3) is 0.600. The van der Waals surface area contributed by atoms with Gasteiger partial charge < -0.3 is 5.32 Å². The Balaban J connectivity index is 2.30. The van der Waals surface area contributed by atoms with Crippen molar-refractivity contribution in [1.82, 2.24) is 5.32 Å². The molecule has 0 aromatic heterocycles. The largest absolute Gasteiger partial charge is 0.316 e.